The van der Waals surface area contributed by atoms with Gasteiger partial charge in [0, 0.05) is 12.3 Å². The Hall–Kier alpha value is -1.84. The molecular formula is C19H26O4. The number of ether oxygens (including phenoxy) is 2. The Morgan fingerprint density at radius 3 is 2.43 bits per heavy atom. The van der Waals surface area contributed by atoms with E-state index in [0.29, 0.717) is 12.3 Å². The fraction of sp³-hybridized carbons (Fsp3) is 0.579. The van der Waals surface area contributed by atoms with Crippen LogP contribution in [-0.4, -0.2) is 26.0 Å². The Balaban J connectivity index is 2.31. The van der Waals surface area contributed by atoms with Gasteiger partial charge < -0.3 is 14.3 Å². The highest BCUT2D eigenvalue weighted by Crippen LogP contribution is 2.40. The van der Waals surface area contributed by atoms with Crippen LogP contribution in [0.25, 0.3) is 0 Å². The third-order valence-electron chi connectivity index (χ3n) is 4.69. The molecule has 0 radical (unpaired) electrons. The van der Waals surface area contributed by atoms with Crippen molar-refractivity contribution in [1.82, 2.24) is 0 Å². The molecule has 1 atom stereocenters. The summed E-state index contributed by atoms with van der Waals surface area (Å²) in [5.41, 5.74) is 2.23. The number of methoxy groups -OCH3 is 2. The van der Waals surface area contributed by atoms with Gasteiger partial charge in [0.15, 0.2) is 0 Å². The molecule has 1 aromatic carbocycles. The third-order valence-corrected chi connectivity index (χ3v) is 4.69. The lowest BCUT2D eigenvalue weighted by molar-refractivity contribution is -0.141. The molecular weight excluding hydrogens is 292 g/mol. The molecule has 4 heteroatoms. The minimum Gasteiger partial charge on any atom is -0.496 e. The zero-order valence-electron chi connectivity index (χ0n) is 14.3. The van der Waals surface area contributed by atoms with Crippen LogP contribution in [0.1, 0.15) is 68.4 Å². The molecule has 126 valence electrons. The molecule has 1 unspecified atom stereocenters. The molecule has 0 aliphatic heterocycles. The fourth-order valence-electron chi connectivity index (χ4n) is 3.50. The van der Waals surface area contributed by atoms with Gasteiger partial charge in [-0.2, -0.15) is 0 Å². The van der Waals surface area contributed by atoms with Crippen LogP contribution in [0.3, 0.4) is 0 Å². The lowest BCUT2D eigenvalue weighted by Crippen LogP contribution is -2.12. The first-order valence-electron chi connectivity index (χ1n) is 8.29. The molecule has 1 saturated carbocycles. The summed E-state index contributed by atoms with van der Waals surface area (Å²) < 4.78 is 10.3. The molecule has 0 amide bonds. The first-order chi connectivity index (χ1) is 11.0. The normalized spacial score (nSPS) is 16.1. The van der Waals surface area contributed by atoms with Gasteiger partial charge in [-0.3, -0.25) is 4.79 Å². The maximum absolute atomic E-state index is 11.7. The lowest BCUT2D eigenvalue weighted by Gasteiger charge is -2.20. The second-order valence-corrected chi connectivity index (χ2v) is 6.37. The molecule has 23 heavy (non-hydrogen) atoms. The summed E-state index contributed by atoms with van der Waals surface area (Å²) in [5, 5.41) is 0. The molecule has 0 heterocycles. The van der Waals surface area contributed by atoms with Gasteiger partial charge >= 0.3 is 5.97 Å². The Morgan fingerprint density at radius 2 is 1.87 bits per heavy atom. The van der Waals surface area contributed by atoms with Gasteiger partial charge in [-0.15, -0.1) is 0 Å². The van der Waals surface area contributed by atoms with Gasteiger partial charge in [0.2, 0.25) is 0 Å². The van der Waals surface area contributed by atoms with Crippen molar-refractivity contribution >= 4 is 11.8 Å². The van der Waals surface area contributed by atoms with Gasteiger partial charge in [0.1, 0.15) is 11.5 Å². The van der Waals surface area contributed by atoms with E-state index in [4.69, 9.17) is 9.47 Å². The molecule has 1 aromatic rings. The maximum atomic E-state index is 11.7. The number of esters is 1. The molecule has 1 aliphatic rings. The first kappa shape index (κ1) is 17.5. The van der Waals surface area contributed by atoms with Gasteiger partial charge in [-0.05, 0) is 42.9 Å². The summed E-state index contributed by atoms with van der Waals surface area (Å²) in [6, 6.07) is 6.06. The molecule has 0 N–H and O–H groups in total. The van der Waals surface area contributed by atoms with Crippen LogP contribution in [0, 0.1) is 0 Å². The Labute approximate surface area is 138 Å². The number of ketones is 1. The van der Waals surface area contributed by atoms with Crippen molar-refractivity contribution in [2.45, 2.75) is 57.3 Å². The number of hydrogen-bond donors (Lipinski definition) is 0. The molecule has 2 rings (SSSR count). The predicted octanol–water partition coefficient (Wildman–Crippen LogP) is 3.98. The monoisotopic (exact) mass is 318 g/mol. The SMILES string of the molecule is COC(=O)CC(CC(C)=O)c1ccc(OC)c(C2CCCC2)c1. The van der Waals surface area contributed by atoms with Crippen molar-refractivity contribution in [2.75, 3.05) is 14.2 Å². The van der Waals surface area contributed by atoms with E-state index < -0.39 is 0 Å². The lowest BCUT2D eigenvalue weighted by atomic mass is 9.87. The van der Waals surface area contributed by atoms with E-state index in [1.807, 2.05) is 12.1 Å². The predicted molar refractivity (Wildman–Crippen MR) is 88.9 cm³/mol. The van der Waals surface area contributed by atoms with Crippen molar-refractivity contribution in [3.8, 4) is 5.75 Å². The number of carbonyl (C=O) groups is 2. The van der Waals surface area contributed by atoms with Crippen molar-refractivity contribution in [3.63, 3.8) is 0 Å². The minimum atomic E-state index is -0.283. The summed E-state index contributed by atoms with van der Waals surface area (Å²) in [5.74, 6) is 1.08. The second kappa shape index (κ2) is 8.14. The summed E-state index contributed by atoms with van der Waals surface area (Å²) in [6.07, 6.45) is 5.43. The molecule has 0 aromatic heterocycles. The van der Waals surface area contributed by atoms with Gasteiger partial charge in [0.05, 0.1) is 20.6 Å². The fourth-order valence-corrected chi connectivity index (χ4v) is 3.50. The average Bonchev–Trinajstić information content (AvgIpc) is 3.07. The van der Waals surface area contributed by atoms with E-state index >= 15 is 0 Å². The summed E-state index contributed by atoms with van der Waals surface area (Å²) in [7, 11) is 3.07. The highest BCUT2D eigenvalue weighted by atomic mass is 16.5. The van der Waals surface area contributed by atoms with Gasteiger partial charge in [0.25, 0.3) is 0 Å². The number of carbonyl (C=O) groups excluding carboxylic acids is 2. The topological polar surface area (TPSA) is 52.6 Å². The quantitative estimate of drug-likeness (QED) is 0.714. The van der Waals surface area contributed by atoms with Crippen LogP contribution in [0.15, 0.2) is 18.2 Å². The largest absolute Gasteiger partial charge is 0.496 e. The van der Waals surface area contributed by atoms with E-state index in [9.17, 15) is 9.59 Å². The van der Waals surface area contributed by atoms with Crippen molar-refractivity contribution in [3.05, 3.63) is 29.3 Å². The number of Topliss-reactive ketones (excluding diaryl/α,β-unsaturated/α-hetero) is 1. The van der Waals surface area contributed by atoms with Crippen molar-refractivity contribution in [2.24, 2.45) is 0 Å². The van der Waals surface area contributed by atoms with E-state index in [1.54, 1.807) is 14.0 Å². The third kappa shape index (κ3) is 4.57. The summed E-state index contributed by atoms with van der Waals surface area (Å²) >= 11 is 0. The van der Waals surface area contributed by atoms with Gasteiger partial charge in [-0.1, -0.05) is 25.0 Å². The van der Waals surface area contributed by atoms with Crippen LogP contribution in [0.5, 0.6) is 5.75 Å². The van der Waals surface area contributed by atoms with Crippen LogP contribution < -0.4 is 4.74 Å². The van der Waals surface area contributed by atoms with Crippen LogP contribution >= 0.6 is 0 Å². The Bertz CT molecular complexity index is 558. The Morgan fingerprint density at radius 1 is 1.17 bits per heavy atom. The van der Waals surface area contributed by atoms with Crippen LogP contribution in [-0.2, 0) is 14.3 Å². The molecule has 0 spiro atoms. The Kier molecular flexibility index (Phi) is 6.20. The van der Waals surface area contributed by atoms with E-state index in [0.717, 1.165) is 11.3 Å². The standard InChI is InChI=1S/C19H26O4/c1-13(20)10-16(12-19(21)23-3)15-8-9-18(22-2)17(11-15)14-6-4-5-7-14/h8-9,11,14,16H,4-7,10,12H2,1-3H3. The molecule has 0 bridgehead atoms. The second-order valence-electron chi connectivity index (χ2n) is 6.37. The number of rotatable bonds is 7. The van der Waals surface area contributed by atoms with E-state index in [1.165, 1.54) is 38.4 Å². The summed E-state index contributed by atoms with van der Waals surface area (Å²) in [6.45, 7) is 1.56. The molecule has 0 saturated heterocycles. The highest BCUT2D eigenvalue weighted by molar-refractivity contribution is 5.78. The van der Waals surface area contributed by atoms with E-state index in [2.05, 4.69) is 6.07 Å². The minimum absolute atomic E-state index is 0.0807. The smallest absolute Gasteiger partial charge is 0.306 e. The maximum Gasteiger partial charge on any atom is 0.306 e. The van der Waals surface area contributed by atoms with Crippen molar-refractivity contribution in [1.29, 1.82) is 0 Å². The number of benzene rings is 1. The highest BCUT2D eigenvalue weighted by Gasteiger charge is 2.24. The van der Waals surface area contributed by atoms with Crippen LogP contribution in [0.2, 0.25) is 0 Å². The average molecular weight is 318 g/mol. The van der Waals surface area contributed by atoms with Crippen LogP contribution in [0.4, 0.5) is 0 Å². The zero-order chi connectivity index (χ0) is 16.8. The zero-order valence-corrected chi connectivity index (χ0v) is 14.3. The number of hydrogen-bond acceptors (Lipinski definition) is 4. The molecule has 4 nitrogen and oxygen atoms in total. The van der Waals surface area contributed by atoms with Gasteiger partial charge in [-0.25, -0.2) is 0 Å². The first-order valence-corrected chi connectivity index (χ1v) is 8.29. The van der Waals surface area contributed by atoms with Crippen molar-refractivity contribution < 1.29 is 19.1 Å². The van der Waals surface area contributed by atoms with E-state index in [-0.39, 0.29) is 24.1 Å². The molecule has 1 fully saturated rings. The summed E-state index contributed by atoms with van der Waals surface area (Å²) in [4.78, 5) is 23.3. The molecule has 1 aliphatic carbocycles.